The summed E-state index contributed by atoms with van der Waals surface area (Å²) in [5.41, 5.74) is 1.02. The van der Waals surface area contributed by atoms with Crippen LogP contribution in [0.25, 0.3) is 0 Å². The van der Waals surface area contributed by atoms with Crippen molar-refractivity contribution in [2.45, 2.75) is 29.7 Å². The van der Waals surface area contributed by atoms with Crippen molar-refractivity contribution in [3.05, 3.63) is 36.2 Å². The zero-order chi connectivity index (χ0) is 16.0. The first-order valence-corrected chi connectivity index (χ1v) is 9.08. The predicted molar refractivity (Wildman–Crippen MR) is 82.8 cm³/mol. The summed E-state index contributed by atoms with van der Waals surface area (Å²) in [5, 5.41) is 8.32. The Balaban J connectivity index is 1.49. The molecule has 4 rings (SSSR count). The lowest BCUT2D eigenvalue weighted by Crippen LogP contribution is -2.50. The summed E-state index contributed by atoms with van der Waals surface area (Å²) in [6.07, 6.45) is 4.31. The number of hydrogen-bond donors (Lipinski definition) is 0. The Morgan fingerprint density at radius 3 is 2.65 bits per heavy atom. The lowest BCUT2D eigenvalue weighted by atomic mass is 10.2. The normalized spacial score (nSPS) is 19.5. The fraction of sp³-hybridized carbons (Fsp3) is 0.467. The summed E-state index contributed by atoms with van der Waals surface area (Å²) in [7, 11) is -2.06. The minimum atomic E-state index is -3.54. The van der Waals surface area contributed by atoms with Gasteiger partial charge in [0, 0.05) is 25.2 Å². The molecule has 0 spiro atoms. The molecular weight excluding hydrogens is 316 g/mol. The molecule has 1 aliphatic heterocycles. The minimum absolute atomic E-state index is 0.0551. The summed E-state index contributed by atoms with van der Waals surface area (Å²) < 4.78 is 33.8. The van der Waals surface area contributed by atoms with E-state index >= 15 is 0 Å². The number of hydrogen-bond acceptors (Lipinski definition) is 5. The molecule has 1 aromatic heterocycles. The first kappa shape index (κ1) is 14.6. The zero-order valence-electron chi connectivity index (χ0n) is 12.8. The van der Waals surface area contributed by atoms with Crippen LogP contribution in [0.5, 0.6) is 5.75 Å². The van der Waals surface area contributed by atoms with Crippen molar-refractivity contribution >= 4 is 10.0 Å². The summed E-state index contributed by atoms with van der Waals surface area (Å²) in [5.74, 6) is 0.921. The van der Waals surface area contributed by atoms with Crippen molar-refractivity contribution in [1.29, 1.82) is 0 Å². The third-order valence-electron chi connectivity index (χ3n) is 4.41. The molecule has 2 heterocycles. The van der Waals surface area contributed by atoms with Gasteiger partial charge in [-0.05, 0) is 25.0 Å². The standard InChI is InChI=1S/C15H18N4O3S/c1-22-14-4-2-3-5-15(14)23(20,21)18-8-12(9-18)19-10-13(16-17-19)11-6-7-11/h2-5,10-12H,6-9H2,1H3. The molecule has 0 bridgehead atoms. The highest BCUT2D eigenvalue weighted by molar-refractivity contribution is 7.89. The van der Waals surface area contributed by atoms with Crippen molar-refractivity contribution < 1.29 is 13.2 Å². The molecular formula is C15H18N4O3S. The van der Waals surface area contributed by atoms with Crippen LogP contribution in [0.3, 0.4) is 0 Å². The number of rotatable bonds is 5. The zero-order valence-corrected chi connectivity index (χ0v) is 13.6. The lowest BCUT2D eigenvalue weighted by molar-refractivity contribution is 0.188. The molecule has 0 unspecified atom stereocenters. The summed E-state index contributed by atoms with van der Waals surface area (Å²) in [4.78, 5) is 0.207. The highest BCUT2D eigenvalue weighted by Crippen LogP contribution is 2.39. The van der Waals surface area contributed by atoms with Crippen LogP contribution in [0.4, 0.5) is 0 Å². The summed E-state index contributed by atoms with van der Waals surface area (Å²) >= 11 is 0. The number of nitrogens with zero attached hydrogens (tertiary/aromatic N) is 4. The molecule has 2 aliphatic rings. The van der Waals surface area contributed by atoms with E-state index in [0.717, 1.165) is 5.69 Å². The van der Waals surface area contributed by atoms with Crippen LogP contribution in [0.1, 0.15) is 30.5 Å². The maximum absolute atomic E-state index is 12.7. The monoisotopic (exact) mass is 334 g/mol. The van der Waals surface area contributed by atoms with E-state index in [0.29, 0.717) is 24.8 Å². The quantitative estimate of drug-likeness (QED) is 0.826. The molecule has 1 aliphatic carbocycles. The van der Waals surface area contributed by atoms with Crippen LogP contribution < -0.4 is 4.74 Å². The van der Waals surface area contributed by atoms with Crippen LogP contribution in [-0.4, -0.2) is 47.9 Å². The van der Waals surface area contributed by atoms with Gasteiger partial charge >= 0.3 is 0 Å². The average Bonchev–Trinajstić information content (AvgIpc) is 3.25. The first-order valence-electron chi connectivity index (χ1n) is 7.64. The highest BCUT2D eigenvalue weighted by Gasteiger charge is 2.40. The van der Waals surface area contributed by atoms with E-state index in [1.165, 1.54) is 24.3 Å². The molecule has 122 valence electrons. The second kappa shape index (κ2) is 5.31. The van der Waals surface area contributed by atoms with Gasteiger partial charge in [0.25, 0.3) is 0 Å². The Bertz CT molecular complexity index is 823. The van der Waals surface area contributed by atoms with E-state index < -0.39 is 10.0 Å². The maximum atomic E-state index is 12.7. The second-order valence-electron chi connectivity index (χ2n) is 6.02. The van der Waals surface area contributed by atoms with Crippen LogP contribution in [0.15, 0.2) is 35.4 Å². The first-order chi connectivity index (χ1) is 11.1. The average molecular weight is 334 g/mol. The third-order valence-corrected chi connectivity index (χ3v) is 6.28. The third kappa shape index (κ3) is 2.51. The largest absolute Gasteiger partial charge is 0.495 e. The number of benzene rings is 1. The molecule has 1 saturated heterocycles. The lowest BCUT2D eigenvalue weighted by Gasteiger charge is -2.37. The van der Waals surface area contributed by atoms with Crippen molar-refractivity contribution in [2.24, 2.45) is 0 Å². The van der Waals surface area contributed by atoms with Gasteiger partial charge in [0.05, 0.1) is 18.8 Å². The smallest absolute Gasteiger partial charge is 0.246 e. The number of ether oxygens (including phenoxy) is 1. The van der Waals surface area contributed by atoms with Crippen LogP contribution >= 0.6 is 0 Å². The molecule has 0 radical (unpaired) electrons. The van der Waals surface area contributed by atoms with Gasteiger partial charge in [-0.1, -0.05) is 17.3 Å². The molecule has 1 aromatic carbocycles. The van der Waals surface area contributed by atoms with Gasteiger partial charge in [-0.3, -0.25) is 0 Å². The van der Waals surface area contributed by atoms with E-state index in [1.807, 2.05) is 6.20 Å². The molecule has 23 heavy (non-hydrogen) atoms. The topological polar surface area (TPSA) is 77.3 Å². The summed E-state index contributed by atoms with van der Waals surface area (Å²) in [6, 6.07) is 6.74. The maximum Gasteiger partial charge on any atom is 0.246 e. The second-order valence-corrected chi connectivity index (χ2v) is 7.93. The fourth-order valence-electron chi connectivity index (χ4n) is 2.79. The van der Waals surface area contributed by atoms with Crippen molar-refractivity contribution in [1.82, 2.24) is 19.3 Å². The Morgan fingerprint density at radius 1 is 1.22 bits per heavy atom. The SMILES string of the molecule is COc1ccccc1S(=O)(=O)N1CC(n2cc(C3CC3)nn2)C1. The number of para-hydroxylation sites is 1. The molecule has 2 aromatic rings. The van der Waals surface area contributed by atoms with Crippen molar-refractivity contribution in [2.75, 3.05) is 20.2 Å². The van der Waals surface area contributed by atoms with Gasteiger partial charge in [0.2, 0.25) is 10.0 Å². The van der Waals surface area contributed by atoms with Crippen LogP contribution in [-0.2, 0) is 10.0 Å². The van der Waals surface area contributed by atoms with Gasteiger partial charge in [0.1, 0.15) is 10.6 Å². The van der Waals surface area contributed by atoms with E-state index in [4.69, 9.17) is 4.74 Å². The molecule has 7 nitrogen and oxygen atoms in total. The van der Waals surface area contributed by atoms with E-state index in [1.54, 1.807) is 28.9 Å². The van der Waals surface area contributed by atoms with Crippen LogP contribution in [0.2, 0.25) is 0 Å². The Labute approximate surface area is 134 Å². The molecule has 2 fully saturated rings. The van der Waals surface area contributed by atoms with Gasteiger partial charge in [-0.25, -0.2) is 13.1 Å². The van der Waals surface area contributed by atoms with Crippen molar-refractivity contribution in [3.8, 4) is 5.75 Å². The van der Waals surface area contributed by atoms with Gasteiger partial charge in [0.15, 0.2) is 0 Å². The molecule has 8 heteroatoms. The predicted octanol–water partition coefficient (Wildman–Crippen LogP) is 1.41. The Kier molecular flexibility index (Phi) is 3.38. The highest BCUT2D eigenvalue weighted by atomic mass is 32.2. The minimum Gasteiger partial charge on any atom is -0.495 e. The Morgan fingerprint density at radius 2 is 1.96 bits per heavy atom. The van der Waals surface area contributed by atoms with Gasteiger partial charge in [-0.15, -0.1) is 5.10 Å². The number of aromatic nitrogens is 3. The molecule has 0 amide bonds. The molecule has 0 atom stereocenters. The summed E-state index contributed by atoms with van der Waals surface area (Å²) in [6.45, 7) is 0.821. The van der Waals surface area contributed by atoms with E-state index in [2.05, 4.69) is 10.3 Å². The Hall–Kier alpha value is -1.93. The molecule has 0 N–H and O–H groups in total. The van der Waals surface area contributed by atoms with Crippen LogP contribution in [0, 0.1) is 0 Å². The van der Waals surface area contributed by atoms with Gasteiger partial charge in [-0.2, -0.15) is 4.31 Å². The van der Waals surface area contributed by atoms with E-state index in [-0.39, 0.29) is 10.9 Å². The number of methoxy groups -OCH3 is 1. The molecule has 1 saturated carbocycles. The fourth-order valence-corrected chi connectivity index (χ4v) is 4.46. The van der Waals surface area contributed by atoms with Crippen molar-refractivity contribution in [3.63, 3.8) is 0 Å². The van der Waals surface area contributed by atoms with E-state index in [9.17, 15) is 8.42 Å². The van der Waals surface area contributed by atoms with Gasteiger partial charge < -0.3 is 4.74 Å². The number of sulfonamides is 1.